The van der Waals surface area contributed by atoms with Crippen LogP contribution in [-0.2, 0) is 4.74 Å². The van der Waals surface area contributed by atoms with Crippen LogP contribution in [0.25, 0.3) is 0 Å². The zero-order chi connectivity index (χ0) is 11.6. The zero-order valence-corrected chi connectivity index (χ0v) is 9.73. The van der Waals surface area contributed by atoms with Crippen LogP contribution >= 0.6 is 0 Å². The molecule has 0 amide bonds. The lowest BCUT2D eigenvalue weighted by atomic mass is 9.97. The summed E-state index contributed by atoms with van der Waals surface area (Å²) >= 11 is 0. The lowest BCUT2D eigenvalue weighted by molar-refractivity contribution is -0.0176. The van der Waals surface area contributed by atoms with E-state index in [9.17, 15) is 5.11 Å². The van der Waals surface area contributed by atoms with E-state index in [0.717, 1.165) is 11.4 Å². The Morgan fingerprint density at radius 1 is 1.69 bits per heavy atom. The Morgan fingerprint density at radius 2 is 2.50 bits per heavy atom. The maximum absolute atomic E-state index is 10.3. The van der Waals surface area contributed by atoms with Gasteiger partial charge in [0.2, 0.25) is 0 Å². The molecule has 0 spiro atoms. The Kier molecular flexibility index (Phi) is 3.12. The number of hydrogen-bond donors (Lipinski definition) is 2. The molecule has 1 fully saturated rings. The van der Waals surface area contributed by atoms with Gasteiger partial charge in [-0.2, -0.15) is 0 Å². The van der Waals surface area contributed by atoms with E-state index < -0.39 is 5.60 Å². The first-order valence-electron chi connectivity index (χ1n) is 5.61. The third kappa shape index (κ3) is 2.18. The molecule has 1 aliphatic heterocycles. The quantitative estimate of drug-likeness (QED) is 0.810. The summed E-state index contributed by atoms with van der Waals surface area (Å²) < 4.78 is 5.38. The molecule has 1 aliphatic rings. The average molecular weight is 222 g/mol. The van der Waals surface area contributed by atoms with Crippen LogP contribution in [0.3, 0.4) is 0 Å². The van der Waals surface area contributed by atoms with E-state index >= 15 is 0 Å². The second-order valence-corrected chi connectivity index (χ2v) is 4.39. The normalized spacial score (nSPS) is 29.3. The maximum Gasteiger partial charge on any atom is 0.128 e. The van der Waals surface area contributed by atoms with Gasteiger partial charge in [0.25, 0.3) is 0 Å². The van der Waals surface area contributed by atoms with Crippen molar-refractivity contribution in [2.45, 2.75) is 32.0 Å². The second kappa shape index (κ2) is 4.39. The number of rotatable bonds is 3. The summed E-state index contributed by atoms with van der Waals surface area (Å²) in [7, 11) is 0. The van der Waals surface area contributed by atoms with Crippen LogP contribution in [0.2, 0.25) is 0 Å². The molecule has 2 unspecified atom stereocenters. The number of nitrogens with zero attached hydrogens (tertiary/aromatic N) is 1. The molecule has 2 atom stereocenters. The van der Waals surface area contributed by atoms with Gasteiger partial charge in [-0.05, 0) is 25.5 Å². The van der Waals surface area contributed by atoms with Crippen LogP contribution in [-0.4, -0.2) is 34.9 Å². The lowest BCUT2D eigenvalue weighted by Crippen LogP contribution is -2.43. The summed E-state index contributed by atoms with van der Waals surface area (Å²) in [6.45, 7) is 5.00. The number of aliphatic hydroxyl groups is 1. The zero-order valence-electron chi connectivity index (χ0n) is 9.73. The number of ether oxygens (including phenoxy) is 1. The summed E-state index contributed by atoms with van der Waals surface area (Å²) in [5, 5.41) is 13.5. The van der Waals surface area contributed by atoms with Crippen LogP contribution in [0.5, 0.6) is 0 Å². The highest BCUT2D eigenvalue weighted by Crippen LogP contribution is 2.26. The van der Waals surface area contributed by atoms with Crippen LogP contribution in [0, 0.1) is 6.92 Å². The van der Waals surface area contributed by atoms with Crippen molar-refractivity contribution in [3.8, 4) is 0 Å². The average Bonchev–Trinajstić information content (AvgIpc) is 2.59. The molecule has 0 aliphatic carbocycles. The molecule has 0 bridgehead atoms. The number of nitrogens with one attached hydrogen (secondary N) is 1. The van der Waals surface area contributed by atoms with Crippen molar-refractivity contribution in [1.82, 2.24) is 4.98 Å². The molecular weight excluding hydrogens is 204 g/mol. The largest absolute Gasteiger partial charge is 0.385 e. The third-order valence-corrected chi connectivity index (χ3v) is 3.23. The monoisotopic (exact) mass is 222 g/mol. The van der Waals surface area contributed by atoms with Gasteiger partial charge in [-0.25, -0.2) is 4.98 Å². The van der Waals surface area contributed by atoms with Gasteiger partial charge in [-0.3, -0.25) is 0 Å². The van der Waals surface area contributed by atoms with Crippen molar-refractivity contribution in [3.05, 3.63) is 23.9 Å². The van der Waals surface area contributed by atoms with E-state index in [2.05, 4.69) is 10.3 Å². The van der Waals surface area contributed by atoms with E-state index in [1.165, 1.54) is 0 Å². The molecule has 2 N–H and O–H groups in total. The third-order valence-electron chi connectivity index (χ3n) is 3.23. The molecule has 1 aromatic heterocycles. The highest BCUT2D eigenvalue weighted by molar-refractivity contribution is 5.42. The number of aromatic nitrogens is 1. The maximum atomic E-state index is 10.3. The molecule has 2 heterocycles. The van der Waals surface area contributed by atoms with Crippen molar-refractivity contribution in [2.24, 2.45) is 0 Å². The first-order chi connectivity index (χ1) is 7.62. The summed E-state index contributed by atoms with van der Waals surface area (Å²) in [4.78, 5) is 4.23. The Labute approximate surface area is 95.7 Å². The van der Waals surface area contributed by atoms with Crippen molar-refractivity contribution in [2.75, 3.05) is 18.5 Å². The van der Waals surface area contributed by atoms with E-state index in [4.69, 9.17) is 4.74 Å². The Morgan fingerprint density at radius 3 is 3.12 bits per heavy atom. The van der Waals surface area contributed by atoms with Gasteiger partial charge in [0.15, 0.2) is 0 Å². The summed E-state index contributed by atoms with van der Waals surface area (Å²) in [6, 6.07) is 3.89. The molecule has 2 rings (SSSR count). The van der Waals surface area contributed by atoms with Gasteiger partial charge in [0.05, 0.1) is 6.10 Å². The summed E-state index contributed by atoms with van der Waals surface area (Å²) in [5.74, 6) is 0.829. The molecule has 1 saturated heterocycles. The van der Waals surface area contributed by atoms with E-state index in [-0.39, 0.29) is 6.10 Å². The van der Waals surface area contributed by atoms with Crippen LogP contribution < -0.4 is 5.32 Å². The van der Waals surface area contributed by atoms with Crippen molar-refractivity contribution >= 4 is 5.82 Å². The molecule has 4 heteroatoms. The van der Waals surface area contributed by atoms with Gasteiger partial charge in [-0.15, -0.1) is 0 Å². The van der Waals surface area contributed by atoms with Gasteiger partial charge in [-0.1, -0.05) is 6.07 Å². The van der Waals surface area contributed by atoms with Gasteiger partial charge < -0.3 is 15.2 Å². The van der Waals surface area contributed by atoms with Crippen LogP contribution in [0.4, 0.5) is 5.82 Å². The molecule has 0 aromatic carbocycles. The number of aryl methyl sites for hydroxylation is 1. The van der Waals surface area contributed by atoms with E-state index in [1.807, 2.05) is 26.0 Å². The van der Waals surface area contributed by atoms with Crippen molar-refractivity contribution in [3.63, 3.8) is 0 Å². The second-order valence-electron chi connectivity index (χ2n) is 4.39. The smallest absolute Gasteiger partial charge is 0.128 e. The molecule has 1 aromatic rings. The molecule has 88 valence electrons. The fourth-order valence-corrected chi connectivity index (χ4v) is 1.91. The molecule has 16 heavy (non-hydrogen) atoms. The van der Waals surface area contributed by atoms with Gasteiger partial charge >= 0.3 is 0 Å². The fraction of sp³-hybridized carbons (Fsp3) is 0.583. The summed E-state index contributed by atoms with van der Waals surface area (Å²) in [5.41, 5.74) is 0.307. The number of hydrogen-bond acceptors (Lipinski definition) is 4. The number of pyridine rings is 1. The van der Waals surface area contributed by atoms with Crippen LogP contribution in [0.1, 0.15) is 18.9 Å². The van der Waals surface area contributed by atoms with Crippen molar-refractivity contribution < 1.29 is 9.84 Å². The van der Waals surface area contributed by atoms with E-state index in [1.54, 1.807) is 6.20 Å². The van der Waals surface area contributed by atoms with E-state index in [0.29, 0.717) is 19.6 Å². The lowest BCUT2D eigenvalue weighted by Gasteiger charge is -2.26. The minimum absolute atomic E-state index is 0.121. The topological polar surface area (TPSA) is 54.4 Å². The first kappa shape index (κ1) is 11.4. The molecule has 0 saturated carbocycles. The highest BCUT2D eigenvalue weighted by Gasteiger charge is 2.39. The Balaban J connectivity index is 2.00. The van der Waals surface area contributed by atoms with Gasteiger partial charge in [0, 0.05) is 25.8 Å². The minimum atomic E-state index is -0.774. The highest BCUT2D eigenvalue weighted by atomic mass is 16.5. The molecular formula is C12H18N2O2. The predicted octanol–water partition coefficient (Wildman–Crippen LogP) is 1.34. The first-order valence-corrected chi connectivity index (χ1v) is 5.61. The Hall–Kier alpha value is -1.13. The molecule has 0 radical (unpaired) electrons. The SMILES string of the molecule is Cc1cccnc1NCC1(O)CCOC1C. The predicted molar refractivity (Wildman–Crippen MR) is 62.4 cm³/mol. The van der Waals surface area contributed by atoms with Gasteiger partial charge in [0.1, 0.15) is 11.4 Å². The fourth-order valence-electron chi connectivity index (χ4n) is 1.91. The number of anilines is 1. The van der Waals surface area contributed by atoms with Crippen molar-refractivity contribution in [1.29, 1.82) is 0 Å². The standard InChI is InChI=1S/C12H18N2O2/c1-9-4-3-6-13-11(9)14-8-12(15)5-7-16-10(12)2/h3-4,6,10,15H,5,7-8H2,1-2H3,(H,13,14). The Bertz CT molecular complexity index is 370. The summed E-state index contributed by atoms with van der Waals surface area (Å²) in [6.07, 6.45) is 2.30. The molecule has 4 nitrogen and oxygen atoms in total. The van der Waals surface area contributed by atoms with Crippen LogP contribution in [0.15, 0.2) is 18.3 Å². The minimum Gasteiger partial charge on any atom is -0.385 e.